The lowest BCUT2D eigenvalue weighted by molar-refractivity contribution is 0.0943. The molecule has 0 spiro atoms. The van der Waals surface area contributed by atoms with E-state index in [0.29, 0.717) is 0 Å². The number of hydrogen-bond acceptors (Lipinski definition) is 1. The summed E-state index contributed by atoms with van der Waals surface area (Å²) in [6.45, 7) is 8.61. The number of rotatable bonds is 9. The van der Waals surface area contributed by atoms with Gasteiger partial charge in [0.1, 0.15) is 0 Å². The van der Waals surface area contributed by atoms with Crippen LogP contribution in [0.2, 0.25) is 0 Å². The molecule has 1 atom stereocenters. The van der Waals surface area contributed by atoms with Crippen LogP contribution in [-0.4, -0.2) is 13.2 Å². The lowest BCUT2D eigenvalue weighted by atomic mass is 10.00. The SMILES string of the molecule is CCCCCC(CC)COCCC. The number of hydrogen-bond donors (Lipinski definition) is 0. The van der Waals surface area contributed by atoms with Crippen molar-refractivity contribution in [2.45, 2.75) is 59.3 Å². The fourth-order valence-electron chi connectivity index (χ4n) is 1.48. The van der Waals surface area contributed by atoms with Crippen LogP contribution in [0.4, 0.5) is 0 Å². The topological polar surface area (TPSA) is 9.23 Å². The number of ether oxygens (including phenoxy) is 1. The van der Waals surface area contributed by atoms with Crippen LogP contribution < -0.4 is 0 Å². The molecule has 0 aliphatic carbocycles. The van der Waals surface area contributed by atoms with Crippen molar-refractivity contribution in [2.75, 3.05) is 13.2 Å². The normalized spacial score (nSPS) is 13.2. The zero-order valence-electron chi connectivity index (χ0n) is 9.64. The average Bonchev–Trinajstić information content (AvgIpc) is 2.16. The van der Waals surface area contributed by atoms with Gasteiger partial charge in [0.2, 0.25) is 0 Å². The third kappa shape index (κ3) is 8.29. The van der Waals surface area contributed by atoms with Gasteiger partial charge in [-0.15, -0.1) is 0 Å². The second kappa shape index (κ2) is 10.0. The summed E-state index contributed by atoms with van der Waals surface area (Å²) in [5.41, 5.74) is 0. The fourth-order valence-corrected chi connectivity index (χ4v) is 1.48. The Morgan fingerprint density at radius 1 is 1.00 bits per heavy atom. The first-order chi connectivity index (χ1) is 6.35. The van der Waals surface area contributed by atoms with Crippen molar-refractivity contribution in [1.82, 2.24) is 0 Å². The minimum Gasteiger partial charge on any atom is -0.381 e. The lowest BCUT2D eigenvalue weighted by Gasteiger charge is -2.14. The van der Waals surface area contributed by atoms with E-state index in [1.165, 1.54) is 32.1 Å². The largest absolute Gasteiger partial charge is 0.381 e. The first-order valence-electron chi connectivity index (χ1n) is 5.92. The van der Waals surface area contributed by atoms with Crippen LogP contribution in [0.1, 0.15) is 59.3 Å². The molecular weight excluding hydrogens is 160 g/mol. The summed E-state index contributed by atoms with van der Waals surface area (Å²) in [6.07, 6.45) is 7.86. The molecule has 0 saturated carbocycles. The molecular formula is C12H26O. The summed E-state index contributed by atoms with van der Waals surface area (Å²) in [4.78, 5) is 0. The van der Waals surface area contributed by atoms with Crippen molar-refractivity contribution in [2.24, 2.45) is 5.92 Å². The predicted octanol–water partition coefficient (Wildman–Crippen LogP) is 4.02. The Morgan fingerprint density at radius 2 is 1.77 bits per heavy atom. The van der Waals surface area contributed by atoms with Crippen LogP contribution in [0.25, 0.3) is 0 Å². The van der Waals surface area contributed by atoms with Gasteiger partial charge < -0.3 is 4.74 Å². The van der Waals surface area contributed by atoms with Crippen LogP contribution in [0.3, 0.4) is 0 Å². The Bertz CT molecular complexity index is 81.1. The maximum absolute atomic E-state index is 5.57. The monoisotopic (exact) mass is 186 g/mol. The molecule has 0 heterocycles. The van der Waals surface area contributed by atoms with Gasteiger partial charge in [0, 0.05) is 13.2 Å². The molecule has 80 valence electrons. The summed E-state index contributed by atoms with van der Waals surface area (Å²) in [5, 5.41) is 0. The molecule has 0 radical (unpaired) electrons. The molecule has 0 amide bonds. The predicted molar refractivity (Wildman–Crippen MR) is 59.0 cm³/mol. The van der Waals surface area contributed by atoms with E-state index < -0.39 is 0 Å². The molecule has 0 N–H and O–H groups in total. The molecule has 0 rings (SSSR count). The molecule has 0 aromatic heterocycles. The molecule has 0 aromatic rings. The van der Waals surface area contributed by atoms with Crippen molar-refractivity contribution in [3.05, 3.63) is 0 Å². The van der Waals surface area contributed by atoms with Gasteiger partial charge in [-0.3, -0.25) is 0 Å². The summed E-state index contributed by atoms with van der Waals surface area (Å²) < 4.78 is 5.57. The molecule has 0 aliphatic rings. The van der Waals surface area contributed by atoms with Gasteiger partial charge in [0.15, 0.2) is 0 Å². The van der Waals surface area contributed by atoms with E-state index in [-0.39, 0.29) is 0 Å². The highest BCUT2D eigenvalue weighted by Crippen LogP contribution is 2.13. The Morgan fingerprint density at radius 3 is 2.31 bits per heavy atom. The molecule has 13 heavy (non-hydrogen) atoms. The van der Waals surface area contributed by atoms with E-state index in [2.05, 4.69) is 20.8 Å². The second-order valence-electron chi connectivity index (χ2n) is 3.84. The van der Waals surface area contributed by atoms with Crippen molar-refractivity contribution in [1.29, 1.82) is 0 Å². The third-order valence-corrected chi connectivity index (χ3v) is 2.50. The molecule has 0 bridgehead atoms. The van der Waals surface area contributed by atoms with Gasteiger partial charge in [-0.25, -0.2) is 0 Å². The fraction of sp³-hybridized carbons (Fsp3) is 1.00. The minimum absolute atomic E-state index is 0.804. The van der Waals surface area contributed by atoms with Crippen LogP contribution in [-0.2, 0) is 4.74 Å². The Hall–Kier alpha value is -0.0400. The average molecular weight is 186 g/mol. The van der Waals surface area contributed by atoms with E-state index in [1.54, 1.807) is 0 Å². The van der Waals surface area contributed by atoms with Crippen molar-refractivity contribution in [3.63, 3.8) is 0 Å². The van der Waals surface area contributed by atoms with Gasteiger partial charge in [-0.2, -0.15) is 0 Å². The Balaban J connectivity index is 3.28. The van der Waals surface area contributed by atoms with Gasteiger partial charge >= 0.3 is 0 Å². The van der Waals surface area contributed by atoms with Crippen LogP contribution in [0.15, 0.2) is 0 Å². The molecule has 1 nitrogen and oxygen atoms in total. The van der Waals surface area contributed by atoms with Gasteiger partial charge in [0.05, 0.1) is 0 Å². The van der Waals surface area contributed by atoms with Crippen molar-refractivity contribution in [3.8, 4) is 0 Å². The molecule has 0 aromatic carbocycles. The number of unbranched alkanes of at least 4 members (excludes halogenated alkanes) is 2. The summed E-state index contributed by atoms with van der Waals surface area (Å²) >= 11 is 0. The molecule has 0 saturated heterocycles. The second-order valence-corrected chi connectivity index (χ2v) is 3.84. The first kappa shape index (κ1) is 13.0. The lowest BCUT2D eigenvalue weighted by Crippen LogP contribution is -2.09. The van der Waals surface area contributed by atoms with Crippen molar-refractivity contribution < 1.29 is 4.74 Å². The minimum atomic E-state index is 0.804. The zero-order chi connectivity index (χ0) is 9.94. The highest BCUT2D eigenvalue weighted by Gasteiger charge is 2.05. The van der Waals surface area contributed by atoms with E-state index in [9.17, 15) is 0 Å². The zero-order valence-corrected chi connectivity index (χ0v) is 9.64. The molecule has 0 aliphatic heterocycles. The first-order valence-corrected chi connectivity index (χ1v) is 5.92. The Kier molecular flexibility index (Phi) is 10.0. The molecule has 0 fully saturated rings. The molecule has 1 heteroatoms. The van der Waals surface area contributed by atoms with Crippen LogP contribution >= 0.6 is 0 Å². The molecule has 1 unspecified atom stereocenters. The van der Waals surface area contributed by atoms with E-state index >= 15 is 0 Å². The summed E-state index contributed by atoms with van der Waals surface area (Å²) in [5.74, 6) is 0.804. The smallest absolute Gasteiger partial charge is 0.0494 e. The van der Waals surface area contributed by atoms with Gasteiger partial charge in [-0.05, 0) is 18.8 Å². The van der Waals surface area contributed by atoms with Gasteiger partial charge in [0.25, 0.3) is 0 Å². The van der Waals surface area contributed by atoms with Crippen LogP contribution in [0.5, 0.6) is 0 Å². The van der Waals surface area contributed by atoms with E-state index in [4.69, 9.17) is 4.74 Å². The summed E-state index contributed by atoms with van der Waals surface area (Å²) in [6, 6.07) is 0. The Labute approximate surface area is 83.9 Å². The maximum Gasteiger partial charge on any atom is 0.0494 e. The van der Waals surface area contributed by atoms with E-state index in [0.717, 1.165) is 25.6 Å². The standard InChI is InChI=1S/C12H26O/c1-4-7-8-9-12(6-3)11-13-10-5-2/h12H,4-11H2,1-3H3. The highest BCUT2D eigenvalue weighted by molar-refractivity contribution is 4.56. The van der Waals surface area contributed by atoms with E-state index in [1.807, 2.05) is 0 Å². The summed E-state index contributed by atoms with van der Waals surface area (Å²) in [7, 11) is 0. The maximum atomic E-state index is 5.57. The third-order valence-electron chi connectivity index (χ3n) is 2.50. The van der Waals surface area contributed by atoms with Crippen LogP contribution in [0, 0.1) is 5.92 Å². The van der Waals surface area contributed by atoms with Crippen molar-refractivity contribution >= 4 is 0 Å². The quantitative estimate of drug-likeness (QED) is 0.494. The van der Waals surface area contributed by atoms with Gasteiger partial charge in [-0.1, -0.05) is 46.5 Å². The highest BCUT2D eigenvalue weighted by atomic mass is 16.5.